The molecule has 3 aromatic rings. The summed E-state index contributed by atoms with van der Waals surface area (Å²) in [6.45, 7) is 1.36. The second-order valence-electron chi connectivity index (χ2n) is 5.83. The standard InChI is InChI=1S/C18H16ClN5O4/c1-11(25)21-14-7-15(9-20-8-14)24-18(27)23(17(26)16(22-24)28-2)10-12-3-5-13(19)6-4-12/h3-9H,10H2,1-2H3,(H,21,25). The zero-order chi connectivity index (χ0) is 20.3. The van der Waals surface area contributed by atoms with E-state index < -0.39 is 11.2 Å². The van der Waals surface area contributed by atoms with Gasteiger partial charge in [-0.25, -0.2) is 9.36 Å². The van der Waals surface area contributed by atoms with Gasteiger partial charge >= 0.3 is 11.2 Å². The van der Waals surface area contributed by atoms with E-state index in [2.05, 4.69) is 15.4 Å². The smallest absolute Gasteiger partial charge is 0.352 e. The van der Waals surface area contributed by atoms with Gasteiger partial charge in [0.25, 0.3) is 5.88 Å². The molecule has 3 rings (SSSR count). The lowest BCUT2D eigenvalue weighted by Gasteiger charge is -2.12. The maximum Gasteiger partial charge on any atom is 0.352 e. The summed E-state index contributed by atoms with van der Waals surface area (Å²) in [4.78, 5) is 40.7. The van der Waals surface area contributed by atoms with E-state index in [-0.39, 0.29) is 24.0 Å². The number of hydrogen-bond donors (Lipinski definition) is 1. The van der Waals surface area contributed by atoms with Crippen LogP contribution in [0, 0.1) is 0 Å². The van der Waals surface area contributed by atoms with Crippen molar-refractivity contribution >= 4 is 23.2 Å². The highest BCUT2D eigenvalue weighted by Crippen LogP contribution is 2.12. The molecule has 0 unspecified atom stereocenters. The van der Waals surface area contributed by atoms with Gasteiger partial charge in [-0.2, -0.15) is 4.68 Å². The van der Waals surface area contributed by atoms with Crippen molar-refractivity contribution in [1.29, 1.82) is 0 Å². The molecule has 0 radical (unpaired) electrons. The molecule has 0 spiro atoms. The van der Waals surface area contributed by atoms with E-state index in [9.17, 15) is 14.4 Å². The van der Waals surface area contributed by atoms with Crippen LogP contribution in [-0.4, -0.2) is 32.3 Å². The van der Waals surface area contributed by atoms with Gasteiger partial charge in [0.15, 0.2) is 0 Å². The van der Waals surface area contributed by atoms with E-state index in [0.717, 1.165) is 9.25 Å². The molecule has 28 heavy (non-hydrogen) atoms. The number of rotatable bonds is 5. The molecule has 0 aliphatic rings. The summed E-state index contributed by atoms with van der Waals surface area (Å²) in [5, 5.41) is 7.09. The lowest BCUT2D eigenvalue weighted by Crippen LogP contribution is -2.41. The van der Waals surface area contributed by atoms with Gasteiger partial charge in [-0.05, 0) is 23.8 Å². The number of nitrogens with one attached hydrogen (secondary N) is 1. The van der Waals surface area contributed by atoms with Gasteiger partial charge in [0.2, 0.25) is 5.91 Å². The van der Waals surface area contributed by atoms with Crippen LogP contribution in [0.25, 0.3) is 5.69 Å². The van der Waals surface area contributed by atoms with Crippen LogP contribution in [-0.2, 0) is 11.3 Å². The van der Waals surface area contributed by atoms with E-state index in [1.165, 1.54) is 32.5 Å². The summed E-state index contributed by atoms with van der Waals surface area (Å²) < 4.78 is 7.03. The van der Waals surface area contributed by atoms with Crippen LogP contribution in [0.5, 0.6) is 5.88 Å². The number of aromatic nitrogens is 4. The molecule has 9 nitrogen and oxygen atoms in total. The average molecular weight is 402 g/mol. The minimum Gasteiger partial charge on any atom is -0.476 e. The Morgan fingerprint density at radius 2 is 1.93 bits per heavy atom. The van der Waals surface area contributed by atoms with Crippen molar-refractivity contribution < 1.29 is 9.53 Å². The van der Waals surface area contributed by atoms with Crippen molar-refractivity contribution in [2.24, 2.45) is 0 Å². The molecule has 2 heterocycles. The number of benzene rings is 1. The number of amides is 1. The molecule has 1 N–H and O–H groups in total. The quantitative estimate of drug-likeness (QED) is 0.693. The first kappa shape index (κ1) is 19.3. The second kappa shape index (κ2) is 8.05. The van der Waals surface area contributed by atoms with Gasteiger partial charge in [-0.3, -0.25) is 14.6 Å². The van der Waals surface area contributed by atoms with Gasteiger partial charge in [0.05, 0.1) is 37.4 Å². The van der Waals surface area contributed by atoms with Crippen molar-refractivity contribution in [3.8, 4) is 11.6 Å². The Balaban J connectivity index is 2.12. The largest absolute Gasteiger partial charge is 0.476 e. The lowest BCUT2D eigenvalue weighted by molar-refractivity contribution is -0.114. The first-order chi connectivity index (χ1) is 13.4. The summed E-state index contributed by atoms with van der Waals surface area (Å²) in [6, 6.07) is 8.27. The van der Waals surface area contributed by atoms with Crippen molar-refractivity contribution in [3.63, 3.8) is 0 Å². The minimum atomic E-state index is -0.678. The molecule has 0 saturated heterocycles. The number of carbonyl (C=O) groups excluding carboxylic acids is 1. The van der Waals surface area contributed by atoms with Gasteiger partial charge in [-0.15, -0.1) is 5.10 Å². The van der Waals surface area contributed by atoms with Gasteiger partial charge in [0.1, 0.15) is 0 Å². The number of carbonyl (C=O) groups is 1. The zero-order valence-electron chi connectivity index (χ0n) is 15.0. The Labute approximate surface area is 164 Å². The topological polar surface area (TPSA) is 108 Å². The highest BCUT2D eigenvalue weighted by Gasteiger charge is 2.16. The third-order valence-corrected chi connectivity index (χ3v) is 4.02. The Morgan fingerprint density at radius 1 is 1.21 bits per heavy atom. The van der Waals surface area contributed by atoms with Gasteiger partial charge < -0.3 is 10.1 Å². The van der Waals surface area contributed by atoms with Crippen LogP contribution in [0.2, 0.25) is 5.02 Å². The van der Waals surface area contributed by atoms with Crippen LogP contribution < -0.4 is 21.3 Å². The van der Waals surface area contributed by atoms with Crippen LogP contribution in [0.4, 0.5) is 5.69 Å². The summed E-state index contributed by atoms with van der Waals surface area (Å²) in [7, 11) is 1.29. The third-order valence-electron chi connectivity index (χ3n) is 3.77. The molecule has 10 heteroatoms. The maximum absolute atomic E-state index is 12.9. The van der Waals surface area contributed by atoms with E-state index in [4.69, 9.17) is 16.3 Å². The predicted molar refractivity (Wildman–Crippen MR) is 103 cm³/mol. The van der Waals surface area contributed by atoms with E-state index in [1.54, 1.807) is 24.3 Å². The van der Waals surface area contributed by atoms with Crippen LogP contribution in [0.1, 0.15) is 12.5 Å². The molecule has 1 amide bonds. The first-order valence-electron chi connectivity index (χ1n) is 8.14. The summed E-state index contributed by atoms with van der Waals surface area (Å²) >= 11 is 5.88. The molecular formula is C18H16ClN5O4. The summed E-state index contributed by atoms with van der Waals surface area (Å²) in [5.74, 6) is -0.539. The van der Waals surface area contributed by atoms with Crippen LogP contribution >= 0.6 is 11.6 Å². The second-order valence-corrected chi connectivity index (χ2v) is 6.27. The maximum atomic E-state index is 12.9. The van der Waals surface area contributed by atoms with Crippen LogP contribution in [0.3, 0.4) is 0 Å². The van der Waals surface area contributed by atoms with Crippen molar-refractivity contribution in [2.75, 3.05) is 12.4 Å². The molecule has 144 valence electrons. The number of methoxy groups -OCH3 is 1. The Bertz CT molecular complexity index is 1140. The van der Waals surface area contributed by atoms with Crippen molar-refractivity contribution in [2.45, 2.75) is 13.5 Å². The monoisotopic (exact) mass is 401 g/mol. The Kier molecular flexibility index (Phi) is 5.55. The highest BCUT2D eigenvalue weighted by molar-refractivity contribution is 6.30. The molecule has 0 saturated carbocycles. The fourth-order valence-corrected chi connectivity index (χ4v) is 2.64. The normalized spacial score (nSPS) is 10.5. The lowest BCUT2D eigenvalue weighted by atomic mass is 10.2. The number of ether oxygens (including phenoxy) is 1. The fourth-order valence-electron chi connectivity index (χ4n) is 2.52. The molecule has 0 aliphatic heterocycles. The Hall–Kier alpha value is -3.46. The van der Waals surface area contributed by atoms with E-state index in [0.29, 0.717) is 16.3 Å². The minimum absolute atomic E-state index is 0.00648. The number of halogens is 1. The SMILES string of the molecule is COc1nn(-c2cncc(NC(C)=O)c2)c(=O)n(Cc2ccc(Cl)cc2)c1=O. The van der Waals surface area contributed by atoms with E-state index in [1.807, 2.05) is 0 Å². The van der Waals surface area contributed by atoms with E-state index >= 15 is 0 Å². The number of hydrogen-bond acceptors (Lipinski definition) is 6. The molecule has 0 aliphatic carbocycles. The molecule has 0 atom stereocenters. The first-order valence-corrected chi connectivity index (χ1v) is 8.52. The fraction of sp³-hybridized carbons (Fsp3) is 0.167. The zero-order valence-corrected chi connectivity index (χ0v) is 15.8. The van der Waals surface area contributed by atoms with Crippen LogP contribution in [0.15, 0.2) is 52.3 Å². The van der Waals surface area contributed by atoms with Gasteiger partial charge in [0, 0.05) is 11.9 Å². The number of pyridine rings is 1. The summed E-state index contributed by atoms with van der Waals surface area (Å²) in [6.07, 6.45) is 2.81. The number of nitrogens with zero attached hydrogens (tertiary/aromatic N) is 4. The Morgan fingerprint density at radius 3 is 2.57 bits per heavy atom. The van der Waals surface area contributed by atoms with Crippen molar-refractivity contribution in [1.82, 2.24) is 19.3 Å². The molecular weight excluding hydrogens is 386 g/mol. The third kappa shape index (κ3) is 4.09. The highest BCUT2D eigenvalue weighted by atomic mass is 35.5. The van der Waals surface area contributed by atoms with Crippen molar-refractivity contribution in [3.05, 3.63) is 74.1 Å². The molecule has 2 aromatic heterocycles. The van der Waals surface area contributed by atoms with Gasteiger partial charge in [-0.1, -0.05) is 23.7 Å². The number of anilines is 1. The predicted octanol–water partition coefficient (Wildman–Crippen LogP) is 1.46. The molecule has 0 bridgehead atoms. The average Bonchev–Trinajstić information content (AvgIpc) is 2.66. The molecule has 0 fully saturated rings. The molecule has 1 aromatic carbocycles. The summed E-state index contributed by atoms with van der Waals surface area (Å²) in [5.41, 5.74) is 0.00764.